The number of aryl methyl sites for hydroxylation is 1. The average Bonchev–Trinajstić information content (AvgIpc) is 2.83. The number of nitrogens with zero attached hydrogens (tertiary/aromatic N) is 2. The van der Waals surface area contributed by atoms with E-state index in [1.807, 2.05) is 18.0 Å². The van der Waals surface area contributed by atoms with E-state index >= 15 is 0 Å². The topological polar surface area (TPSA) is 29.9 Å². The van der Waals surface area contributed by atoms with Gasteiger partial charge in [0.1, 0.15) is 0 Å². The van der Waals surface area contributed by atoms with Crippen molar-refractivity contribution in [3.63, 3.8) is 0 Å². The Kier molecular flexibility index (Phi) is 6.79. The highest BCUT2D eigenvalue weighted by Crippen LogP contribution is 2.29. The smallest absolute Gasteiger partial charge is 0.0522 e. The van der Waals surface area contributed by atoms with Crippen molar-refractivity contribution in [1.82, 2.24) is 15.1 Å². The van der Waals surface area contributed by atoms with Gasteiger partial charge in [0.15, 0.2) is 0 Å². The average molecular weight is 269 g/mol. The Bertz CT molecular complexity index is 323. The summed E-state index contributed by atoms with van der Waals surface area (Å²) in [5.41, 5.74) is 1.29. The molecule has 0 amide bonds. The van der Waals surface area contributed by atoms with Crippen molar-refractivity contribution in [3.05, 3.63) is 18.0 Å². The lowest BCUT2D eigenvalue weighted by Crippen LogP contribution is -2.36. The Hall–Kier alpha value is -0.480. The fourth-order valence-electron chi connectivity index (χ4n) is 2.20. The molecule has 1 heterocycles. The van der Waals surface area contributed by atoms with Crippen LogP contribution < -0.4 is 5.32 Å². The largest absolute Gasteiger partial charge is 0.310 e. The Morgan fingerprint density at radius 2 is 2.06 bits per heavy atom. The SMILES string of the molecule is CCCn1nccc1CNCC(CC)(CC)SC. The van der Waals surface area contributed by atoms with E-state index in [4.69, 9.17) is 0 Å². The zero-order valence-electron chi connectivity index (χ0n) is 12.2. The standard InChI is InChI=1S/C14H27N3S/c1-5-10-17-13(8-9-16-17)11-15-12-14(6-2,7-3)18-4/h8-9,15H,5-7,10-12H2,1-4H3. The first-order valence-corrected chi connectivity index (χ1v) is 8.20. The van der Waals surface area contributed by atoms with Gasteiger partial charge in [-0.05, 0) is 31.6 Å². The molecule has 0 saturated heterocycles. The van der Waals surface area contributed by atoms with Crippen molar-refractivity contribution in [2.45, 2.75) is 57.9 Å². The second-order valence-corrected chi connectivity index (χ2v) is 6.02. The Balaban J connectivity index is 2.47. The van der Waals surface area contributed by atoms with Gasteiger partial charge in [-0.15, -0.1) is 0 Å². The maximum atomic E-state index is 4.35. The second kappa shape index (κ2) is 7.85. The molecule has 0 aromatic carbocycles. The van der Waals surface area contributed by atoms with E-state index in [0.29, 0.717) is 4.75 Å². The molecule has 1 rings (SSSR count). The molecule has 0 bridgehead atoms. The van der Waals surface area contributed by atoms with Crippen LogP contribution in [0.4, 0.5) is 0 Å². The fourth-order valence-corrected chi connectivity index (χ4v) is 3.03. The Labute approximate surface area is 116 Å². The van der Waals surface area contributed by atoms with Gasteiger partial charge >= 0.3 is 0 Å². The molecule has 0 radical (unpaired) electrons. The summed E-state index contributed by atoms with van der Waals surface area (Å²) in [5, 5.41) is 7.95. The second-order valence-electron chi connectivity index (χ2n) is 4.74. The van der Waals surface area contributed by atoms with Crippen molar-refractivity contribution < 1.29 is 0 Å². The quantitative estimate of drug-likeness (QED) is 0.746. The minimum absolute atomic E-state index is 0.385. The van der Waals surface area contributed by atoms with Crippen LogP contribution in [0.15, 0.2) is 12.3 Å². The van der Waals surface area contributed by atoms with Crippen molar-refractivity contribution in [2.75, 3.05) is 12.8 Å². The third-order valence-corrected chi connectivity index (χ3v) is 5.30. The molecule has 3 nitrogen and oxygen atoms in total. The zero-order chi connectivity index (χ0) is 13.4. The minimum atomic E-state index is 0.385. The van der Waals surface area contributed by atoms with Gasteiger partial charge in [0.05, 0.1) is 5.69 Å². The lowest BCUT2D eigenvalue weighted by molar-refractivity contribution is 0.479. The molecule has 1 N–H and O–H groups in total. The van der Waals surface area contributed by atoms with E-state index < -0.39 is 0 Å². The summed E-state index contributed by atoms with van der Waals surface area (Å²) in [6, 6.07) is 2.11. The van der Waals surface area contributed by atoms with Crippen molar-refractivity contribution in [2.24, 2.45) is 0 Å². The minimum Gasteiger partial charge on any atom is -0.310 e. The summed E-state index contributed by atoms with van der Waals surface area (Å²) in [7, 11) is 0. The maximum Gasteiger partial charge on any atom is 0.0522 e. The van der Waals surface area contributed by atoms with Crippen LogP contribution >= 0.6 is 11.8 Å². The number of hydrogen-bond donors (Lipinski definition) is 1. The summed E-state index contributed by atoms with van der Waals surface area (Å²) in [6.45, 7) is 9.75. The highest BCUT2D eigenvalue weighted by Gasteiger charge is 2.24. The van der Waals surface area contributed by atoms with Gasteiger partial charge in [-0.25, -0.2) is 0 Å². The predicted molar refractivity (Wildman–Crippen MR) is 81.1 cm³/mol. The molecule has 0 aliphatic carbocycles. The normalized spacial score (nSPS) is 12.0. The Morgan fingerprint density at radius 3 is 2.61 bits per heavy atom. The van der Waals surface area contributed by atoms with E-state index in [2.05, 4.69) is 48.2 Å². The molecule has 0 saturated carbocycles. The van der Waals surface area contributed by atoms with E-state index in [-0.39, 0.29) is 0 Å². The summed E-state index contributed by atoms with van der Waals surface area (Å²) >= 11 is 1.98. The summed E-state index contributed by atoms with van der Waals surface area (Å²) in [5.74, 6) is 0. The summed E-state index contributed by atoms with van der Waals surface area (Å²) < 4.78 is 2.49. The van der Waals surface area contributed by atoms with Crippen LogP contribution in [-0.4, -0.2) is 27.3 Å². The molecule has 0 aliphatic heterocycles. The van der Waals surface area contributed by atoms with Gasteiger partial charge in [0.25, 0.3) is 0 Å². The first kappa shape index (κ1) is 15.6. The molecule has 0 unspecified atom stereocenters. The summed E-state index contributed by atoms with van der Waals surface area (Å²) in [6.07, 6.45) is 7.68. The Morgan fingerprint density at radius 1 is 1.33 bits per heavy atom. The van der Waals surface area contributed by atoms with Crippen molar-refractivity contribution in [1.29, 1.82) is 0 Å². The first-order valence-electron chi connectivity index (χ1n) is 6.98. The molecule has 4 heteroatoms. The van der Waals surface area contributed by atoms with E-state index in [9.17, 15) is 0 Å². The van der Waals surface area contributed by atoms with Gasteiger partial charge in [-0.2, -0.15) is 16.9 Å². The van der Waals surface area contributed by atoms with E-state index in [1.54, 1.807) is 0 Å². The molecular formula is C14H27N3S. The number of thioether (sulfide) groups is 1. The third kappa shape index (κ3) is 4.02. The number of hydrogen-bond acceptors (Lipinski definition) is 3. The van der Waals surface area contributed by atoms with E-state index in [1.165, 1.54) is 18.5 Å². The third-order valence-electron chi connectivity index (χ3n) is 3.71. The highest BCUT2D eigenvalue weighted by atomic mass is 32.2. The molecule has 104 valence electrons. The molecule has 0 fully saturated rings. The number of aromatic nitrogens is 2. The van der Waals surface area contributed by atoms with Gasteiger partial charge in [-0.3, -0.25) is 4.68 Å². The first-order chi connectivity index (χ1) is 8.71. The monoisotopic (exact) mass is 269 g/mol. The van der Waals surface area contributed by atoms with Crippen LogP contribution in [0.1, 0.15) is 45.7 Å². The van der Waals surface area contributed by atoms with E-state index in [0.717, 1.165) is 26.1 Å². The molecule has 1 aromatic rings. The van der Waals surface area contributed by atoms with Crippen LogP contribution in [0.2, 0.25) is 0 Å². The van der Waals surface area contributed by atoms with Crippen LogP contribution in [-0.2, 0) is 13.1 Å². The van der Waals surface area contributed by atoms with Gasteiger partial charge < -0.3 is 5.32 Å². The lowest BCUT2D eigenvalue weighted by atomic mass is 10.0. The molecule has 0 aliphatic rings. The van der Waals surface area contributed by atoms with Gasteiger partial charge in [0, 0.05) is 30.6 Å². The predicted octanol–water partition coefficient (Wildman–Crippen LogP) is 3.30. The van der Waals surface area contributed by atoms with Crippen molar-refractivity contribution in [3.8, 4) is 0 Å². The molecule has 18 heavy (non-hydrogen) atoms. The molecule has 1 aromatic heterocycles. The molecular weight excluding hydrogens is 242 g/mol. The number of rotatable bonds is 9. The number of nitrogens with one attached hydrogen (secondary N) is 1. The van der Waals surface area contributed by atoms with Crippen LogP contribution in [0.5, 0.6) is 0 Å². The van der Waals surface area contributed by atoms with Gasteiger partial charge in [0.2, 0.25) is 0 Å². The van der Waals surface area contributed by atoms with Crippen molar-refractivity contribution >= 4 is 11.8 Å². The lowest BCUT2D eigenvalue weighted by Gasteiger charge is -2.30. The van der Waals surface area contributed by atoms with Crippen LogP contribution in [0.25, 0.3) is 0 Å². The molecule has 0 spiro atoms. The fraction of sp³-hybridized carbons (Fsp3) is 0.786. The zero-order valence-corrected chi connectivity index (χ0v) is 13.0. The summed E-state index contributed by atoms with van der Waals surface area (Å²) in [4.78, 5) is 0. The van der Waals surface area contributed by atoms with Gasteiger partial charge in [-0.1, -0.05) is 20.8 Å². The van der Waals surface area contributed by atoms with Crippen LogP contribution in [0, 0.1) is 0 Å². The maximum absolute atomic E-state index is 4.35. The molecule has 0 atom stereocenters. The van der Waals surface area contributed by atoms with Crippen LogP contribution in [0.3, 0.4) is 0 Å². The highest BCUT2D eigenvalue weighted by molar-refractivity contribution is 8.00.